The summed E-state index contributed by atoms with van der Waals surface area (Å²) in [6, 6.07) is 0. The molecule has 1 rings (SSSR count). The summed E-state index contributed by atoms with van der Waals surface area (Å²) in [5.41, 5.74) is 0. The number of ether oxygens (including phenoxy) is 2. The van der Waals surface area contributed by atoms with Crippen molar-refractivity contribution in [3.8, 4) is 0 Å². The Kier molecular flexibility index (Phi) is 10.9. The van der Waals surface area contributed by atoms with Gasteiger partial charge in [-0.3, -0.25) is 4.18 Å². The smallest absolute Gasteiger partial charge is 0.264 e. The number of rotatable bonds is 13. The highest BCUT2D eigenvalue weighted by molar-refractivity contribution is 7.86. The van der Waals surface area contributed by atoms with Gasteiger partial charge in [0.25, 0.3) is 10.1 Å². The van der Waals surface area contributed by atoms with E-state index in [0.717, 1.165) is 6.26 Å². The van der Waals surface area contributed by atoms with Gasteiger partial charge in [0.15, 0.2) is 22.4 Å². The van der Waals surface area contributed by atoms with Gasteiger partial charge < -0.3 is 24.2 Å². The molecule has 1 saturated heterocycles. The molecule has 0 amide bonds. The topological polar surface area (TPSA) is 123 Å². The third-order valence-corrected chi connectivity index (χ3v) is 15.9. The highest BCUT2D eigenvalue weighted by Gasteiger charge is 2.54. The van der Waals surface area contributed by atoms with Gasteiger partial charge in [0.05, 0.1) is 19.0 Å². The van der Waals surface area contributed by atoms with Crippen LogP contribution in [-0.2, 0) is 23.8 Å². The Morgan fingerprint density at radius 2 is 1.42 bits per heavy atom. The van der Waals surface area contributed by atoms with Gasteiger partial charge in [-0.05, 0) is 81.7 Å². The first-order chi connectivity index (χ1) is 15.9. The van der Waals surface area contributed by atoms with Crippen molar-refractivity contribution < 1.29 is 36.8 Å². The molecule has 0 unspecified atom stereocenters. The van der Waals surface area contributed by atoms with E-state index < -0.39 is 62.5 Å². The molecule has 214 valence electrons. The zero-order chi connectivity index (χ0) is 28.5. The minimum absolute atomic E-state index is 0.0675. The molecular formula is C25H52O8SSi2. The first-order valence-corrected chi connectivity index (χ1v) is 20.5. The maximum atomic E-state index is 12.0. The number of aliphatic hydroxyl groups excluding tert-OH is 1. The second-order valence-electron chi connectivity index (χ2n) is 13.2. The van der Waals surface area contributed by atoms with E-state index >= 15 is 0 Å². The van der Waals surface area contributed by atoms with E-state index in [1.54, 1.807) is 13.8 Å². The molecule has 8 nitrogen and oxygen atoms in total. The van der Waals surface area contributed by atoms with Crippen molar-refractivity contribution in [3.05, 3.63) is 12.2 Å². The van der Waals surface area contributed by atoms with Crippen LogP contribution in [0.25, 0.3) is 0 Å². The zero-order valence-electron chi connectivity index (χ0n) is 24.5. The zero-order valence-corrected chi connectivity index (χ0v) is 27.3. The minimum Gasteiger partial charge on any atom is -0.432 e. The molecule has 3 N–H and O–H groups in total. The normalized spacial score (nSPS) is 24.8. The molecule has 0 aliphatic carbocycles. The molecule has 0 spiro atoms. The fraction of sp³-hybridized carbons (Fsp3) is 0.920. The lowest BCUT2D eigenvalue weighted by Gasteiger charge is -2.45. The highest BCUT2D eigenvalue weighted by atomic mass is 32.2. The van der Waals surface area contributed by atoms with E-state index in [9.17, 15) is 23.1 Å². The van der Waals surface area contributed by atoms with Crippen molar-refractivity contribution in [2.75, 3.05) is 12.9 Å². The van der Waals surface area contributed by atoms with Gasteiger partial charge in [0.1, 0.15) is 12.2 Å². The maximum Gasteiger partial charge on any atom is 0.264 e. The molecule has 11 heteroatoms. The van der Waals surface area contributed by atoms with Crippen LogP contribution >= 0.6 is 0 Å². The van der Waals surface area contributed by atoms with Gasteiger partial charge in [-0.1, -0.05) is 39.8 Å². The molecule has 0 bridgehead atoms. The summed E-state index contributed by atoms with van der Waals surface area (Å²) >= 11 is 0. The summed E-state index contributed by atoms with van der Waals surface area (Å²) < 4.78 is 41.9. The Balaban J connectivity index is 3.70. The number of aliphatic hydroxyl groups is 1. The summed E-state index contributed by atoms with van der Waals surface area (Å²) in [7, 11) is -9.05. The molecule has 0 saturated carbocycles. The number of hydrogen-bond acceptors (Lipinski definition) is 8. The molecule has 0 radical (unpaired) electrons. The van der Waals surface area contributed by atoms with Crippen molar-refractivity contribution >= 4 is 26.8 Å². The molecule has 0 aromatic heterocycles. The Bertz CT molecular complexity index is 856. The minimum atomic E-state index is -3.87. The molecule has 1 heterocycles. The summed E-state index contributed by atoms with van der Waals surface area (Å²) in [4.78, 5) is 22.2. The van der Waals surface area contributed by atoms with Crippen LogP contribution < -0.4 is 0 Å². The molecule has 1 aliphatic rings. The van der Waals surface area contributed by atoms with E-state index in [4.69, 9.17) is 13.7 Å². The molecule has 0 aromatic rings. The third kappa shape index (κ3) is 8.98. The first kappa shape index (κ1) is 33.9. The molecule has 5 atom stereocenters. The van der Waals surface area contributed by atoms with E-state index in [1.807, 2.05) is 39.2 Å². The molecule has 36 heavy (non-hydrogen) atoms. The van der Waals surface area contributed by atoms with E-state index in [2.05, 4.69) is 33.8 Å². The van der Waals surface area contributed by atoms with Gasteiger partial charge in [-0.2, -0.15) is 8.42 Å². The second kappa shape index (κ2) is 11.6. The van der Waals surface area contributed by atoms with E-state index in [1.165, 1.54) is 0 Å². The Morgan fingerprint density at radius 3 is 1.81 bits per heavy atom. The van der Waals surface area contributed by atoms with Crippen LogP contribution in [0.15, 0.2) is 12.2 Å². The van der Waals surface area contributed by atoms with Gasteiger partial charge in [0, 0.05) is 0 Å². The van der Waals surface area contributed by atoms with Crippen LogP contribution in [0.3, 0.4) is 0 Å². The molecular weight excluding hydrogens is 517 g/mol. The first-order valence-electron chi connectivity index (χ1n) is 12.8. The van der Waals surface area contributed by atoms with Crippen LogP contribution in [-0.4, -0.2) is 76.7 Å². The summed E-state index contributed by atoms with van der Waals surface area (Å²) in [5.74, 6) is -1.31. The van der Waals surface area contributed by atoms with E-state index in [-0.39, 0.29) is 16.9 Å². The molecule has 1 aliphatic heterocycles. The number of allylic oxidation sites excluding steroid dienone is 2. The second-order valence-corrected chi connectivity index (χ2v) is 23.8. The average molecular weight is 569 g/mol. The predicted molar refractivity (Wildman–Crippen MR) is 149 cm³/mol. The molecule has 1 fully saturated rings. The Morgan fingerprint density at radius 1 is 0.972 bits per heavy atom. The number of hydrogen-bond donors (Lipinski definition) is 3. The average Bonchev–Trinajstić information content (AvgIpc) is 2.96. The van der Waals surface area contributed by atoms with Crippen LogP contribution in [0, 0.1) is 11.8 Å². The standard InChI is InChI=1S/C25H52O8SSi2/c1-13-14-18(15-23(2,3)35(9,10)29)19(16-24(4,5)36(11,12)30)21-22(32-25(6,7)31-21)20(17-26)33-34(8,27)28/h13-14,18-22,26,29-30H,15-17H2,1-12H3/t18-,19+,20-,21-,22+/m1/s1. The summed E-state index contributed by atoms with van der Waals surface area (Å²) in [6.45, 7) is 20.9. The SMILES string of the molecule is CC=C[C@H](CC(C)(C)[Si](C)(C)O)[C@H](CC(C)(C)[Si](C)(C)O)[C@H]1OC(C)(C)O[C@H]1[C@@H](CO)OS(C)(=O)=O. The monoisotopic (exact) mass is 568 g/mol. The Labute approximate surface area is 221 Å². The van der Waals surface area contributed by atoms with Gasteiger partial charge in [-0.15, -0.1) is 0 Å². The van der Waals surface area contributed by atoms with E-state index in [0.29, 0.717) is 12.8 Å². The summed E-state index contributed by atoms with van der Waals surface area (Å²) in [6.07, 6.45) is 3.70. The lowest BCUT2D eigenvalue weighted by molar-refractivity contribution is -0.159. The van der Waals surface area contributed by atoms with Gasteiger partial charge >= 0.3 is 0 Å². The molecule has 0 aromatic carbocycles. The fourth-order valence-corrected chi connectivity index (χ4v) is 6.74. The maximum absolute atomic E-state index is 12.0. The quantitative estimate of drug-likeness (QED) is 0.170. The van der Waals surface area contributed by atoms with Crippen LogP contribution in [0.1, 0.15) is 61.3 Å². The predicted octanol–water partition coefficient (Wildman–Crippen LogP) is 4.39. The van der Waals surface area contributed by atoms with Gasteiger partial charge in [0.2, 0.25) is 0 Å². The Hall–Kier alpha value is -0.116. The highest BCUT2D eigenvalue weighted by Crippen LogP contribution is 2.52. The fourth-order valence-electron chi connectivity index (χ4n) is 4.65. The van der Waals surface area contributed by atoms with Crippen molar-refractivity contribution in [2.24, 2.45) is 11.8 Å². The summed E-state index contributed by atoms with van der Waals surface area (Å²) in [5, 5.41) is 9.36. The largest absolute Gasteiger partial charge is 0.432 e. The van der Waals surface area contributed by atoms with Crippen LogP contribution in [0.4, 0.5) is 0 Å². The van der Waals surface area contributed by atoms with Crippen molar-refractivity contribution in [2.45, 2.75) is 122 Å². The lowest BCUT2D eigenvalue weighted by atomic mass is 9.75. The van der Waals surface area contributed by atoms with Crippen molar-refractivity contribution in [1.29, 1.82) is 0 Å². The van der Waals surface area contributed by atoms with Crippen LogP contribution in [0.5, 0.6) is 0 Å². The van der Waals surface area contributed by atoms with Gasteiger partial charge in [-0.25, -0.2) is 0 Å². The van der Waals surface area contributed by atoms with Crippen molar-refractivity contribution in [1.82, 2.24) is 0 Å². The lowest BCUT2D eigenvalue weighted by Crippen LogP contribution is -2.49. The van der Waals surface area contributed by atoms with Crippen LogP contribution in [0.2, 0.25) is 36.3 Å². The van der Waals surface area contributed by atoms with Crippen molar-refractivity contribution in [3.63, 3.8) is 0 Å². The third-order valence-electron chi connectivity index (χ3n) is 8.22.